The Hall–Kier alpha value is -1.39. The van der Waals surface area contributed by atoms with E-state index in [-0.39, 0.29) is 11.9 Å². The smallest absolute Gasteiger partial charge is 0.254 e. The Labute approximate surface area is 108 Å². The van der Waals surface area contributed by atoms with Crippen LogP contribution in [0.2, 0.25) is 0 Å². The second kappa shape index (κ2) is 5.98. The van der Waals surface area contributed by atoms with Crippen molar-refractivity contribution < 1.29 is 9.53 Å². The van der Waals surface area contributed by atoms with E-state index in [0.717, 1.165) is 18.4 Å². The van der Waals surface area contributed by atoms with Gasteiger partial charge in [0, 0.05) is 19.7 Å². The van der Waals surface area contributed by atoms with Gasteiger partial charge in [-0.2, -0.15) is 0 Å². The van der Waals surface area contributed by atoms with E-state index in [1.807, 2.05) is 30.3 Å². The van der Waals surface area contributed by atoms with Gasteiger partial charge in [0.2, 0.25) is 0 Å². The van der Waals surface area contributed by atoms with Crippen LogP contribution in [0, 0.1) is 5.92 Å². The minimum atomic E-state index is -0.556. The van der Waals surface area contributed by atoms with Crippen molar-refractivity contribution in [3.05, 3.63) is 35.9 Å². The minimum absolute atomic E-state index is 0.0823. The molecule has 0 bridgehead atoms. The number of nitrogens with one attached hydrogen (secondary N) is 1. The molecule has 98 valence electrons. The van der Waals surface area contributed by atoms with Crippen molar-refractivity contribution in [1.82, 2.24) is 5.32 Å². The number of rotatable bonds is 6. The molecular weight excluding hydrogens is 228 g/mol. The summed E-state index contributed by atoms with van der Waals surface area (Å²) in [5.41, 5.74) is 6.55. The fourth-order valence-electron chi connectivity index (χ4n) is 2.15. The zero-order chi connectivity index (χ0) is 13.0. The van der Waals surface area contributed by atoms with E-state index in [2.05, 4.69) is 5.32 Å². The number of carbonyl (C=O) groups excluding carboxylic acids is 1. The molecule has 0 heterocycles. The summed E-state index contributed by atoms with van der Waals surface area (Å²) in [5, 5.41) is 2.99. The normalized spacial score (nSPS) is 18.1. The monoisotopic (exact) mass is 248 g/mol. The first kappa shape index (κ1) is 13.1. The molecule has 3 N–H and O–H groups in total. The molecule has 0 radical (unpaired) electrons. The maximum absolute atomic E-state index is 12.2. The number of methoxy groups -OCH3 is 1. The van der Waals surface area contributed by atoms with Gasteiger partial charge in [-0.1, -0.05) is 30.3 Å². The molecule has 1 aliphatic carbocycles. The Bertz CT molecular complexity index is 390. The molecule has 4 heteroatoms. The van der Waals surface area contributed by atoms with Crippen molar-refractivity contribution >= 4 is 5.91 Å². The standard InChI is InChI=1S/C14H20N2O2/c1-18-13(11-5-3-2-4-6-11)14(17)16-12(9-15)10-7-8-10/h2-6,10,12-13H,7-9,15H2,1H3,(H,16,17). The van der Waals surface area contributed by atoms with Gasteiger partial charge in [-0.05, 0) is 24.3 Å². The Kier molecular flexibility index (Phi) is 4.33. The van der Waals surface area contributed by atoms with E-state index < -0.39 is 6.10 Å². The summed E-state index contributed by atoms with van der Waals surface area (Å²) in [6.45, 7) is 0.488. The lowest BCUT2D eigenvalue weighted by Gasteiger charge is -2.21. The third-order valence-corrected chi connectivity index (χ3v) is 3.35. The summed E-state index contributed by atoms with van der Waals surface area (Å²) in [6.07, 6.45) is 1.76. The highest BCUT2D eigenvalue weighted by atomic mass is 16.5. The molecule has 1 aromatic carbocycles. The molecule has 1 aliphatic rings. The van der Waals surface area contributed by atoms with Gasteiger partial charge in [-0.3, -0.25) is 4.79 Å². The lowest BCUT2D eigenvalue weighted by atomic mass is 10.1. The van der Waals surface area contributed by atoms with E-state index >= 15 is 0 Å². The van der Waals surface area contributed by atoms with Crippen molar-refractivity contribution in [3.63, 3.8) is 0 Å². The number of ether oxygens (including phenoxy) is 1. The number of amides is 1. The van der Waals surface area contributed by atoms with Crippen LogP contribution in [-0.2, 0) is 9.53 Å². The second-order valence-electron chi connectivity index (χ2n) is 4.71. The van der Waals surface area contributed by atoms with E-state index in [9.17, 15) is 4.79 Å². The summed E-state index contributed by atoms with van der Waals surface area (Å²) in [4.78, 5) is 12.2. The maximum atomic E-state index is 12.2. The maximum Gasteiger partial charge on any atom is 0.254 e. The van der Waals surface area contributed by atoms with E-state index in [1.165, 1.54) is 0 Å². The number of hydrogen-bond acceptors (Lipinski definition) is 3. The lowest BCUT2D eigenvalue weighted by molar-refractivity contribution is -0.132. The topological polar surface area (TPSA) is 64.3 Å². The number of carbonyl (C=O) groups is 1. The summed E-state index contributed by atoms with van der Waals surface area (Å²) in [7, 11) is 1.55. The van der Waals surface area contributed by atoms with Crippen molar-refractivity contribution in [3.8, 4) is 0 Å². The Morgan fingerprint density at radius 3 is 2.61 bits per heavy atom. The van der Waals surface area contributed by atoms with Crippen LogP contribution in [0.4, 0.5) is 0 Å². The molecule has 4 nitrogen and oxygen atoms in total. The van der Waals surface area contributed by atoms with Crippen LogP contribution in [-0.4, -0.2) is 25.6 Å². The fourth-order valence-corrected chi connectivity index (χ4v) is 2.15. The van der Waals surface area contributed by atoms with Gasteiger partial charge < -0.3 is 15.8 Å². The SMILES string of the molecule is COC(C(=O)NC(CN)C1CC1)c1ccccc1. The summed E-state index contributed by atoms with van der Waals surface area (Å²) < 4.78 is 5.29. The third-order valence-electron chi connectivity index (χ3n) is 3.35. The highest BCUT2D eigenvalue weighted by molar-refractivity contribution is 5.82. The van der Waals surface area contributed by atoms with Gasteiger partial charge >= 0.3 is 0 Å². The van der Waals surface area contributed by atoms with E-state index in [0.29, 0.717) is 12.5 Å². The van der Waals surface area contributed by atoms with Crippen molar-refractivity contribution in [1.29, 1.82) is 0 Å². The van der Waals surface area contributed by atoms with Gasteiger partial charge in [-0.15, -0.1) is 0 Å². The number of nitrogens with two attached hydrogens (primary N) is 1. The molecule has 0 aliphatic heterocycles. The van der Waals surface area contributed by atoms with E-state index in [4.69, 9.17) is 10.5 Å². The second-order valence-corrected chi connectivity index (χ2v) is 4.71. The summed E-state index contributed by atoms with van der Waals surface area (Å²) in [5.74, 6) is 0.443. The van der Waals surface area contributed by atoms with Crippen LogP contribution in [0.1, 0.15) is 24.5 Å². The number of benzene rings is 1. The fraction of sp³-hybridized carbons (Fsp3) is 0.500. The van der Waals surface area contributed by atoms with Crippen LogP contribution < -0.4 is 11.1 Å². The average Bonchev–Trinajstić information content (AvgIpc) is 3.22. The summed E-state index contributed by atoms with van der Waals surface area (Å²) in [6, 6.07) is 9.58. The third kappa shape index (κ3) is 3.09. The first-order valence-corrected chi connectivity index (χ1v) is 6.34. The molecule has 1 fully saturated rings. The predicted molar refractivity (Wildman–Crippen MR) is 69.9 cm³/mol. The molecule has 0 saturated heterocycles. The van der Waals surface area contributed by atoms with Crippen molar-refractivity contribution in [2.24, 2.45) is 11.7 Å². The van der Waals surface area contributed by atoms with E-state index in [1.54, 1.807) is 7.11 Å². The largest absolute Gasteiger partial charge is 0.367 e. The van der Waals surface area contributed by atoms with Crippen LogP contribution in [0.3, 0.4) is 0 Å². The van der Waals surface area contributed by atoms with Gasteiger partial charge in [0.25, 0.3) is 5.91 Å². The molecule has 2 rings (SSSR count). The molecule has 0 spiro atoms. The van der Waals surface area contributed by atoms with Crippen LogP contribution in [0.15, 0.2) is 30.3 Å². The van der Waals surface area contributed by atoms with Crippen molar-refractivity contribution in [2.75, 3.05) is 13.7 Å². The first-order chi connectivity index (χ1) is 8.76. The number of hydrogen-bond donors (Lipinski definition) is 2. The molecular formula is C14H20N2O2. The van der Waals surface area contributed by atoms with Crippen molar-refractivity contribution in [2.45, 2.75) is 25.0 Å². The zero-order valence-electron chi connectivity index (χ0n) is 10.6. The molecule has 1 saturated carbocycles. The van der Waals surface area contributed by atoms with Gasteiger partial charge in [-0.25, -0.2) is 0 Å². The van der Waals surface area contributed by atoms with Crippen LogP contribution >= 0.6 is 0 Å². The van der Waals surface area contributed by atoms with Crippen LogP contribution in [0.5, 0.6) is 0 Å². The average molecular weight is 248 g/mol. The zero-order valence-corrected chi connectivity index (χ0v) is 10.6. The lowest BCUT2D eigenvalue weighted by Crippen LogP contribution is -2.44. The Morgan fingerprint density at radius 2 is 2.11 bits per heavy atom. The highest BCUT2D eigenvalue weighted by Crippen LogP contribution is 2.32. The van der Waals surface area contributed by atoms with Crippen LogP contribution in [0.25, 0.3) is 0 Å². The predicted octanol–water partition coefficient (Wildman–Crippen LogP) is 1.23. The summed E-state index contributed by atoms with van der Waals surface area (Å²) >= 11 is 0. The molecule has 0 aromatic heterocycles. The minimum Gasteiger partial charge on any atom is -0.367 e. The molecule has 2 unspecified atom stereocenters. The molecule has 18 heavy (non-hydrogen) atoms. The van der Waals surface area contributed by atoms with Gasteiger partial charge in [0.05, 0.1) is 0 Å². The van der Waals surface area contributed by atoms with Gasteiger partial charge in [0.15, 0.2) is 6.10 Å². The van der Waals surface area contributed by atoms with Gasteiger partial charge in [0.1, 0.15) is 0 Å². The Balaban J connectivity index is 2.01. The molecule has 1 amide bonds. The Morgan fingerprint density at radius 1 is 1.44 bits per heavy atom. The molecule has 1 aromatic rings. The first-order valence-electron chi connectivity index (χ1n) is 6.34. The quantitative estimate of drug-likeness (QED) is 0.795. The molecule has 2 atom stereocenters. The highest BCUT2D eigenvalue weighted by Gasteiger charge is 2.33.